The second-order valence-corrected chi connectivity index (χ2v) is 12.8. The first-order chi connectivity index (χ1) is 16.6. The van der Waals surface area contributed by atoms with Crippen LogP contribution in [0.1, 0.15) is 94.5 Å². The van der Waals surface area contributed by atoms with Crippen LogP contribution in [-0.4, -0.2) is 28.2 Å². The van der Waals surface area contributed by atoms with Crippen molar-refractivity contribution < 1.29 is 14.7 Å². The van der Waals surface area contributed by atoms with E-state index in [2.05, 4.69) is 25.7 Å². The van der Waals surface area contributed by atoms with E-state index in [0.717, 1.165) is 44.1 Å². The van der Waals surface area contributed by atoms with Gasteiger partial charge in [0.25, 0.3) is 0 Å². The molecule has 1 aromatic carbocycles. The molecule has 2 unspecified atom stereocenters. The van der Waals surface area contributed by atoms with Crippen molar-refractivity contribution in [1.29, 1.82) is 0 Å². The molecule has 0 aliphatic heterocycles. The van der Waals surface area contributed by atoms with Gasteiger partial charge in [0, 0.05) is 17.0 Å². The van der Waals surface area contributed by atoms with E-state index >= 15 is 0 Å². The molecule has 0 aromatic heterocycles. The van der Waals surface area contributed by atoms with Crippen LogP contribution < -0.4 is 0 Å². The Morgan fingerprint density at radius 3 is 2.37 bits per heavy atom. The Morgan fingerprint density at radius 1 is 0.971 bits per heavy atom. The van der Waals surface area contributed by atoms with Crippen molar-refractivity contribution >= 4 is 23.2 Å². The van der Waals surface area contributed by atoms with Gasteiger partial charge in [-0.3, -0.25) is 9.59 Å². The summed E-state index contributed by atoms with van der Waals surface area (Å²) in [6, 6.07) is 7.35. The minimum Gasteiger partial charge on any atom is -0.378 e. The van der Waals surface area contributed by atoms with Crippen LogP contribution in [0.5, 0.6) is 0 Å². The largest absolute Gasteiger partial charge is 0.378 e. The number of hydrogen-bond acceptors (Lipinski definition) is 3. The molecule has 0 bridgehead atoms. The molecule has 4 heteroatoms. The average Bonchev–Trinajstić information content (AvgIpc) is 3.20. The summed E-state index contributed by atoms with van der Waals surface area (Å²) in [5.41, 5.74) is 0.952. The smallest absolute Gasteiger partial charge is 0.159 e. The molecular weight excluding hydrogens is 456 g/mol. The average molecular weight is 495 g/mol. The third-order valence-electron chi connectivity index (χ3n) is 11.0. The summed E-state index contributed by atoms with van der Waals surface area (Å²) in [7, 11) is 0. The van der Waals surface area contributed by atoms with E-state index in [1.807, 2.05) is 12.1 Å². The van der Waals surface area contributed by atoms with Crippen molar-refractivity contribution in [2.45, 2.75) is 84.2 Å². The molecule has 4 saturated carbocycles. The number of Topliss-reactive ketones (excluding diaryl/α,β-unsaturated/α-hetero) is 2. The van der Waals surface area contributed by atoms with Crippen molar-refractivity contribution in [3.8, 4) is 11.8 Å². The second kappa shape index (κ2) is 9.04. The van der Waals surface area contributed by atoms with E-state index in [-0.39, 0.29) is 34.2 Å². The van der Waals surface area contributed by atoms with Crippen LogP contribution in [-0.2, 0) is 4.79 Å². The molecule has 0 heterocycles. The van der Waals surface area contributed by atoms with E-state index in [9.17, 15) is 14.7 Å². The number of benzene rings is 1. The Balaban J connectivity index is 1.31. The number of carbonyl (C=O) groups is 2. The summed E-state index contributed by atoms with van der Waals surface area (Å²) in [6.45, 7) is 6.43. The number of rotatable bonds is 3. The Morgan fingerprint density at radius 2 is 1.69 bits per heavy atom. The first-order valence-corrected chi connectivity index (χ1v) is 14.1. The zero-order valence-electron chi connectivity index (χ0n) is 21.4. The molecule has 35 heavy (non-hydrogen) atoms. The number of ketones is 2. The minimum absolute atomic E-state index is 0.0482. The van der Waals surface area contributed by atoms with E-state index < -0.39 is 5.60 Å². The maximum atomic E-state index is 12.6. The third kappa shape index (κ3) is 4.19. The molecule has 4 aliphatic rings. The van der Waals surface area contributed by atoms with Gasteiger partial charge in [0.15, 0.2) is 11.6 Å². The lowest BCUT2D eigenvalue weighted by Crippen LogP contribution is -2.56. The van der Waals surface area contributed by atoms with Gasteiger partial charge in [0.1, 0.15) is 5.60 Å². The highest BCUT2D eigenvalue weighted by atomic mass is 35.5. The molecular formula is C31H39ClO3. The van der Waals surface area contributed by atoms with Crippen LogP contribution in [0.3, 0.4) is 0 Å². The molecule has 4 aliphatic carbocycles. The summed E-state index contributed by atoms with van der Waals surface area (Å²) < 4.78 is 0. The summed E-state index contributed by atoms with van der Waals surface area (Å²) in [5.74, 6) is 9.52. The molecule has 4 fully saturated rings. The number of aliphatic hydroxyl groups is 1. The minimum atomic E-state index is -0.940. The third-order valence-corrected chi connectivity index (χ3v) is 11.2. The molecule has 5 rings (SSSR count). The second-order valence-electron chi connectivity index (χ2n) is 12.6. The van der Waals surface area contributed by atoms with Crippen molar-refractivity contribution in [1.82, 2.24) is 0 Å². The number of carbonyl (C=O) groups excluding carboxylic acids is 2. The van der Waals surface area contributed by atoms with Gasteiger partial charge in [-0.25, -0.2) is 0 Å². The van der Waals surface area contributed by atoms with Gasteiger partial charge in [-0.1, -0.05) is 37.8 Å². The summed E-state index contributed by atoms with van der Waals surface area (Å²) >= 11 is 5.99. The van der Waals surface area contributed by atoms with Gasteiger partial charge in [-0.2, -0.15) is 0 Å². The van der Waals surface area contributed by atoms with Crippen LogP contribution in [0.2, 0.25) is 0 Å². The lowest BCUT2D eigenvalue weighted by molar-refractivity contribution is -0.144. The Bertz CT molecular complexity index is 1070. The van der Waals surface area contributed by atoms with Crippen LogP contribution in [0.25, 0.3) is 0 Å². The van der Waals surface area contributed by atoms with E-state index in [1.165, 1.54) is 19.3 Å². The molecule has 1 aromatic rings. The van der Waals surface area contributed by atoms with Gasteiger partial charge in [0.2, 0.25) is 0 Å². The molecule has 0 amide bonds. The summed E-state index contributed by atoms with van der Waals surface area (Å²) in [6.07, 6.45) is 9.36. The molecule has 0 radical (unpaired) electrons. The van der Waals surface area contributed by atoms with Crippen molar-refractivity contribution in [2.75, 3.05) is 5.88 Å². The standard InChI is InChI=1S/C31H39ClO3/c1-20(33)22-6-4-21(5-7-22)12-15-31(35)17-16-29(2)23(18-31)8-9-24-25-10-11-27(28(34)19-32)30(25,3)14-13-26(24)29/h4-7,23-27,35H,8-11,13-14,16-19H2,1-3H3/t23?,24-,25-,26-,27+,29-,30-,31?/m0/s1. The highest BCUT2D eigenvalue weighted by Crippen LogP contribution is 2.68. The van der Waals surface area contributed by atoms with Gasteiger partial charge in [-0.15, -0.1) is 11.6 Å². The summed E-state index contributed by atoms with van der Waals surface area (Å²) in [4.78, 5) is 24.1. The number of halogens is 1. The Labute approximate surface area is 215 Å². The first kappa shape index (κ1) is 25.0. The molecule has 188 valence electrons. The number of alkyl halides is 1. The van der Waals surface area contributed by atoms with Crippen molar-refractivity contribution in [3.63, 3.8) is 0 Å². The molecule has 0 spiro atoms. The fourth-order valence-electron chi connectivity index (χ4n) is 8.96. The van der Waals surface area contributed by atoms with Crippen LogP contribution >= 0.6 is 11.6 Å². The maximum Gasteiger partial charge on any atom is 0.159 e. The number of fused-ring (bicyclic) bond motifs is 5. The molecule has 8 atom stereocenters. The van der Waals surface area contributed by atoms with Crippen molar-refractivity contribution in [3.05, 3.63) is 35.4 Å². The fraction of sp³-hybridized carbons (Fsp3) is 0.677. The quantitative estimate of drug-likeness (QED) is 0.299. The zero-order chi connectivity index (χ0) is 25.0. The van der Waals surface area contributed by atoms with Gasteiger partial charge >= 0.3 is 0 Å². The van der Waals surface area contributed by atoms with Gasteiger partial charge in [-0.05, 0) is 111 Å². The molecule has 0 saturated heterocycles. The van der Waals surface area contributed by atoms with Crippen LogP contribution in [0.4, 0.5) is 0 Å². The molecule has 1 N–H and O–H groups in total. The normalized spacial score (nSPS) is 42.1. The fourth-order valence-corrected chi connectivity index (χ4v) is 9.14. The van der Waals surface area contributed by atoms with Crippen molar-refractivity contribution in [2.24, 2.45) is 40.4 Å². The van der Waals surface area contributed by atoms with E-state index in [4.69, 9.17) is 11.6 Å². The van der Waals surface area contributed by atoms with Crippen LogP contribution in [0, 0.1) is 52.3 Å². The first-order valence-electron chi connectivity index (χ1n) is 13.5. The van der Waals surface area contributed by atoms with E-state index in [0.29, 0.717) is 29.2 Å². The predicted molar refractivity (Wildman–Crippen MR) is 139 cm³/mol. The lowest BCUT2D eigenvalue weighted by atomic mass is 9.44. The van der Waals surface area contributed by atoms with E-state index in [1.54, 1.807) is 19.1 Å². The highest BCUT2D eigenvalue weighted by molar-refractivity contribution is 6.28. The summed E-state index contributed by atoms with van der Waals surface area (Å²) in [5, 5.41) is 11.5. The van der Waals surface area contributed by atoms with Gasteiger partial charge in [0.05, 0.1) is 5.88 Å². The van der Waals surface area contributed by atoms with Crippen LogP contribution in [0.15, 0.2) is 24.3 Å². The molecule has 3 nitrogen and oxygen atoms in total. The topological polar surface area (TPSA) is 54.4 Å². The predicted octanol–water partition coefficient (Wildman–Crippen LogP) is 6.44. The number of hydrogen-bond donors (Lipinski definition) is 1. The maximum absolute atomic E-state index is 12.6. The zero-order valence-corrected chi connectivity index (χ0v) is 22.2. The lowest BCUT2D eigenvalue weighted by Gasteiger charge is -2.61. The highest BCUT2D eigenvalue weighted by Gasteiger charge is 2.61. The Kier molecular flexibility index (Phi) is 6.46. The van der Waals surface area contributed by atoms with Gasteiger partial charge < -0.3 is 5.11 Å². The SMILES string of the molecule is CC(=O)c1ccc(C#CC2(O)CC[C@@]3(C)C(CC[C@H]4[C@@H]5CC[C@H](C(=O)CCl)[C@@]5(C)CC[C@@H]43)C2)cc1. The Hall–Kier alpha value is -1.63. The monoisotopic (exact) mass is 494 g/mol.